The molecule has 8 nitrogen and oxygen atoms in total. The molecule has 0 saturated carbocycles. The smallest absolute Gasteiger partial charge is 0.249 e. The fraction of sp³-hybridized carbons (Fsp3) is 0.190. The van der Waals surface area contributed by atoms with E-state index in [2.05, 4.69) is 20.7 Å². The summed E-state index contributed by atoms with van der Waals surface area (Å²) in [6.07, 6.45) is -0.0312. The monoisotopic (exact) mass is 421 g/mol. The molecular formula is C21H19N5O3S. The molecular weight excluding hydrogens is 402 g/mol. The first kappa shape index (κ1) is 19.8. The Kier molecular flexibility index (Phi) is 5.62. The average Bonchev–Trinajstić information content (AvgIpc) is 3.15. The van der Waals surface area contributed by atoms with E-state index in [1.165, 1.54) is 23.4 Å². The van der Waals surface area contributed by atoms with E-state index in [1.807, 2.05) is 30.3 Å². The van der Waals surface area contributed by atoms with Crippen molar-refractivity contribution in [3.8, 4) is 0 Å². The van der Waals surface area contributed by atoms with Crippen LogP contribution in [0, 0.1) is 0 Å². The van der Waals surface area contributed by atoms with Gasteiger partial charge in [0.25, 0.3) is 0 Å². The first-order valence-electron chi connectivity index (χ1n) is 9.34. The molecule has 152 valence electrons. The van der Waals surface area contributed by atoms with Gasteiger partial charge in [-0.25, -0.2) is 4.68 Å². The number of fused-ring (bicyclic) bond motifs is 1. The standard InChI is InChI=1S/C21H19N5O3S/c1-13(27)15-7-9-16(10-8-15)22-19(29)17-11-18(28)23-20-24-21(25-26(17)20)30-12-14-5-3-2-4-6-14/h2-10,17H,11-12H2,1H3,(H,22,29)(H,23,24,25,28). The summed E-state index contributed by atoms with van der Waals surface area (Å²) < 4.78 is 1.45. The Balaban J connectivity index is 1.49. The zero-order valence-electron chi connectivity index (χ0n) is 16.2. The highest BCUT2D eigenvalue weighted by Crippen LogP contribution is 2.28. The van der Waals surface area contributed by atoms with E-state index in [4.69, 9.17) is 0 Å². The molecule has 4 rings (SSSR count). The highest BCUT2D eigenvalue weighted by atomic mass is 32.2. The summed E-state index contributed by atoms with van der Waals surface area (Å²) in [6, 6.07) is 15.7. The number of thioether (sulfide) groups is 1. The summed E-state index contributed by atoms with van der Waals surface area (Å²) in [6.45, 7) is 1.48. The Morgan fingerprint density at radius 2 is 1.90 bits per heavy atom. The summed E-state index contributed by atoms with van der Waals surface area (Å²) in [7, 11) is 0. The molecule has 30 heavy (non-hydrogen) atoms. The van der Waals surface area contributed by atoms with Crippen LogP contribution in [0.15, 0.2) is 59.8 Å². The van der Waals surface area contributed by atoms with Crippen molar-refractivity contribution in [3.05, 3.63) is 65.7 Å². The van der Waals surface area contributed by atoms with Gasteiger partial charge in [-0.15, -0.1) is 5.10 Å². The van der Waals surface area contributed by atoms with E-state index in [0.717, 1.165) is 5.56 Å². The molecule has 3 aromatic rings. The third-order valence-corrected chi connectivity index (χ3v) is 5.52. The molecule has 1 unspecified atom stereocenters. The fourth-order valence-corrected chi connectivity index (χ4v) is 3.83. The van der Waals surface area contributed by atoms with Crippen molar-refractivity contribution in [1.82, 2.24) is 14.8 Å². The van der Waals surface area contributed by atoms with Crippen molar-refractivity contribution in [3.63, 3.8) is 0 Å². The Hall–Kier alpha value is -3.46. The van der Waals surface area contributed by atoms with E-state index in [1.54, 1.807) is 24.3 Å². The lowest BCUT2D eigenvalue weighted by atomic mass is 10.1. The number of anilines is 2. The van der Waals surface area contributed by atoms with Gasteiger partial charge in [-0.2, -0.15) is 4.98 Å². The average molecular weight is 421 g/mol. The minimum absolute atomic E-state index is 0.0312. The van der Waals surface area contributed by atoms with Crippen LogP contribution in [0.2, 0.25) is 0 Å². The second-order valence-electron chi connectivity index (χ2n) is 6.83. The molecule has 0 aliphatic carbocycles. The van der Waals surface area contributed by atoms with Gasteiger partial charge in [0, 0.05) is 17.0 Å². The maximum absolute atomic E-state index is 12.8. The third kappa shape index (κ3) is 4.41. The molecule has 2 N–H and O–H groups in total. The summed E-state index contributed by atoms with van der Waals surface area (Å²) in [5.41, 5.74) is 2.22. The zero-order chi connectivity index (χ0) is 21.1. The van der Waals surface area contributed by atoms with Crippen LogP contribution >= 0.6 is 11.8 Å². The van der Waals surface area contributed by atoms with Gasteiger partial charge < -0.3 is 5.32 Å². The van der Waals surface area contributed by atoms with Crippen molar-refractivity contribution < 1.29 is 14.4 Å². The molecule has 1 aromatic heterocycles. The van der Waals surface area contributed by atoms with Crippen LogP contribution in [-0.2, 0) is 15.3 Å². The van der Waals surface area contributed by atoms with E-state index < -0.39 is 6.04 Å². The molecule has 2 heterocycles. The summed E-state index contributed by atoms with van der Waals surface area (Å²) >= 11 is 1.43. The summed E-state index contributed by atoms with van der Waals surface area (Å²) in [5.74, 6) is 0.226. The second-order valence-corrected chi connectivity index (χ2v) is 7.77. The van der Waals surface area contributed by atoms with Crippen LogP contribution in [0.25, 0.3) is 0 Å². The normalized spacial score (nSPS) is 15.2. The summed E-state index contributed by atoms with van der Waals surface area (Å²) in [5, 5.41) is 10.4. The van der Waals surface area contributed by atoms with Gasteiger partial charge in [-0.05, 0) is 36.8 Å². The quantitative estimate of drug-likeness (QED) is 0.467. The highest BCUT2D eigenvalue weighted by Gasteiger charge is 2.33. The van der Waals surface area contributed by atoms with Crippen LogP contribution in [0.4, 0.5) is 11.6 Å². The number of rotatable bonds is 6. The molecule has 1 aliphatic rings. The molecule has 0 radical (unpaired) electrons. The number of ketones is 1. The number of benzene rings is 2. The molecule has 0 bridgehead atoms. The van der Waals surface area contributed by atoms with Gasteiger partial charge in [0.2, 0.25) is 22.9 Å². The van der Waals surface area contributed by atoms with Crippen LogP contribution in [0.3, 0.4) is 0 Å². The number of nitrogens with one attached hydrogen (secondary N) is 2. The highest BCUT2D eigenvalue weighted by molar-refractivity contribution is 7.98. The Morgan fingerprint density at radius 1 is 1.17 bits per heavy atom. The maximum Gasteiger partial charge on any atom is 0.249 e. The molecule has 1 aliphatic heterocycles. The van der Waals surface area contributed by atoms with E-state index in [0.29, 0.717) is 22.2 Å². The van der Waals surface area contributed by atoms with E-state index in [9.17, 15) is 14.4 Å². The Labute approximate surface area is 177 Å². The third-order valence-electron chi connectivity index (χ3n) is 4.61. The van der Waals surface area contributed by atoms with Gasteiger partial charge >= 0.3 is 0 Å². The largest absolute Gasteiger partial charge is 0.324 e. The number of carbonyl (C=O) groups is 3. The van der Waals surface area contributed by atoms with Crippen LogP contribution < -0.4 is 10.6 Å². The lowest BCUT2D eigenvalue weighted by Crippen LogP contribution is -2.36. The number of hydrogen-bond donors (Lipinski definition) is 2. The van der Waals surface area contributed by atoms with Gasteiger partial charge in [0.15, 0.2) is 5.78 Å². The SMILES string of the molecule is CC(=O)c1ccc(NC(=O)C2CC(=O)Nc3nc(SCc4ccccc4)nn32)cc1. The predicted molar refractivity (Wildman–Crippen MR) is 113 cm³/mol. The molecule has 0 saturated heterocycles. The van der Waals surface area contributed by atoms with Crippen LogP contribution in [0.5, 0.6) is 0 Å². The number of aromatic nitrogens is 3. The minimum atomic E-state index is -0.806. The maximum atomic E-state index is 12.8. The zero-order valence-corrected chi connectivity index (χ0v) is 17.0. The van der Waals surface area contributed by atoms with Crippen molar-refractivity contribution >= 4 is 41.0 Å². The van der Waals surface area contributed by atoms with Gasteiger partial charge in [0.1, 0.15) is 6.04 Å². The van der Waals surface area contributed by atoms with Crippen molar-refractivity contribution in [2.24, 2.45) is 0 Å². The van der Waals surface area contributed by atoms with Crippen molar-refractivity contribution in [2.45, 2.75) is 30.3 Å². The number of amides is 2. The van der Waals surface area contributed by atoms with Crippen molar-refractivity contribution in [1.29, 1.82) is 0 Å². The number of hydrogen-bond acceptors (Lipinski definition) is 6. The predicted octanol–water partition coefficient (Wildman–Crippen LogP) is 3.30. The topological polar surface area (TPSA) is 106 Å². The molecule has 2 amide bonds. The molecule has 0 fully saturated rings. The Morgan fingerprint density at radius 3 is 2.60 bits per heavy atom. The minimum Gasteiger partial charge on any atom is -0.324 e. The molecule has 2 aromatic carbocycles. The lowest BCUT2D eigenvalue weighted by molar-refractivity contribution is -0.125. The second kappa shape index (κ2) is 8.50. The van der Waals surface area contributed by atoms with Gasteiger partial charge in [-0.1, -0.05) is 42.1 Å². The number of carbonyl (C=O) groups excluding carboxylic acids is 3. The molecule has 1 atom stereocenters. The summed E-state index contributed by atoms with van der Waals surface area (Å²) in [4.78, 5) is 40.7. The Bertz CT molecular complexity index is 1100. The van der Waals surface area contributed by atoms with E-state index in [-0.39, 0.29) is 30.0 Å². The van der Waals surface area contributed by atoms with Crippen LogP contribution in [0.1, 0.15) is 35.3 Å². The number of Topliss-reactive ketones (excluding diaryl/α,β-unsaturated/α-hetero) is 1. The first-order valence-corrected chi connectivity index (χ1v) is 10.3. The number of nitrogens with zero attached hydrogens (tertiary/aromatic N) is 3. The van der Waals surface area contributed by atoms with E-state index >= 15 is 0 Å². The molecule has 9 heteroatoms. The van der Waals surface area contributed by atoms with Crippen molar-refractivity contribution in [2.75, 3.05) is 10.6 Å². The molecule has 0 spiro atoms. The van der Waals surface area contributed by atoms with Crippen LogP contribution in [-0.4, -0.2) is 32.4 Å². The lowest BCUT2D eigenvalue weighted by Gasteiger charge is -2.22. The van der Waals surface area contributed by atoms with Gasteiger partial charge in [0.05, 0.1) is 6.42 Å². The van der Waals surface area contributed by atoms with Gasteiger partial charge in [-0.3, -0.25) is 19.7 Å². The first-order chi connectivity index (χ1) is 14.5. The fourth-order valence-electron chi connectivity index (χ4n) is 3.04.